The normalized spacial score (nSPS) is 16.7. The summed E-state index contributed by atoms with van der Waals surface area (Å²) in [5, 5.41) is 3.97. The number of hydrogen-bond donors (Lipinski definition) is 1. The number of aryl methyl sites for hydroxylation is 1. The fraction of sp³-hybridized carbons (Fsp3) is 0.333. The number of nitrogens with zero attached hydrogens (tertiary/aromatic N) is 2. The highest BCUT2D eigenvalue weighted by Crippen LogP contribution is 2.36. The minimum atomic E-state index is -0.362. The van der Waals surface area contributed by atoms with Gasteiger partial charge in [-0.15, -0.1) is 12.4 Å². The van der Waals surface area contributed by atoms with Crippen molar-refractivity contribution >= 4 is 24.6 Å². The lowest BCUT2D eigenvalue weighted by molar-refractivity contribution is 0.229. The highest BCUT2D eigenvalue weighted by molar-refractivity contribution is 5.85. The van der Waals surface area contributed by atoms with E-state index in [2.05, 4.69) is 41.3 Å². The van der Waals surface area contributed by atoms with E-state index in [0.29, 0.717) is 11.7 Å². The monoisotopic (exact) mass is 291 g/mol. The lowest BCUT2D eigenvalue weighted by Crippen LogP contribution is -2.44. The number of nitrogens with two attached hydrogens (primary N) is 1. The van der Waals surface area contributed by atoms with Crippen molar-refractivity contribution in [2.75, 3.05) is 0 Å². The molecule has 0 saturated heterocycles. The summed E-state index contributed by atoms with van der Waals surface area (Å²) in [6.07, 6.45) is 6.80. The summed E-state index contributed by atoms with van der Waals surface area (Å²) in [5.74, 6) is 1.13. The molecule has 0 spiro atoms. The first-order chi connectivity index (χ1) is 9.16. The minimum Gasteiger partial charge on any atom is -0.335 e. The largest absolute Gasteiger partial charge is 0.335 e. The lowest BCUT2D eigenvalue weighted by Gasteiger charge is -2.34. The summed E-state index contributed by atoms with van der Waals surface area (Å²) < 4.78 is 5.20. The van der Waals surface area contributed by atoms with Crippen LogP contribution in [-0.4, -0.2) is 10.1 Å². The van der Waals surface area contributed by atoms with Gasteiger partial charge in [-0.25, -0.2) is 0 Å². The molecule has 2 aromatic rings. The smallest absolute Gasteiger partial charge is 0.250 e. The van der Waals surface area contributed by atoms with E-state index in [1.54, 1.807) is 0 Å². The van der Waals surface area contributed by atoms with Crippen molar-refractivity contribution in [3.8, 4) is 0 Å². The van der Waals surface area contributed by atoms with Crippen LogP contribution < -0.4 is 5.73 Å². The van der Waals surface area contributed by atoms with Gasteiger partial charge in [0.05, 0.1) is 5.54 Å². The van der Waals surface area contributed by atoms with Gasteiger partial charge in [-0.05, 0) is 37.8 Å². The molecule has 0 bridgehead atoms. The van der Waals surface area contributed by atoms with Gasteiger partial charge in [0.1, 0.15) is 0 Å². The van der Waals surface area contributed by atoms with Crippen molar-refractivity contribution in [1.82, 2.24) is 10.1 Å². The Morgan fingerprint density at radius 3 is 2.50 bits per heavy atom. The van der Waals surface area contributed by atoms with Gasteiger partial charge >= 0.3 is 0 Å². The number of aromatic nitrogens is 2. The molecule has 0 amide bonds. The number of rotatable bonds is 3. The summed E-state index contributed by atoms with van der Waals surface area (Å²) in [6, 6.07) is 8.25. The first kappa shape index (κ1) is 14.8. The molecule has 1 aliphatic rings. The second-order valence-corrected chi connectivity index (χ2v) is 5.21. The Morgan fingerprint density at radius 1 is 1.20 bits per heavy atom. The molecule has 2 N–H and O–H groups in total. The van der Waals surface area contributed by atoms with E-state index in [4.69, 9.17) is 10.3 Å². The van der Waals surface area contributed by atoms with Crippen LogP contribution >= 0.6 is 12.4 Å². The van der Waals surface area contributed by atoms with E-state index in [9.17, 15) is 0 Å². The highest BCUT2D eigenvalue weighted by Gasteiger charge is 2.38. The summed E-state index contributed by atoms with van der Waals surface area (Å²) in [4.78, 5) is 4.35. The molecule has 1 saturated carbocycles. The number of halogens is 1. The van der Waals surface area contributed by atoms with Crippen LogP contribution in [0, 0.1) is 6.92 Å². The molecule has 106 valence electrons. The summed E-state index contributed by atoms with van der Waals surface area (Å²) in [7, 11) is 0. The van der Waals surface area contributed by atoms with Gasteiger partial charge in [-0.1, -0.05) is 35.0 Å². The lowest BCUT2D eigenvalue weighted by atomic mass is 9.77. The predicted octanol–water partition coefficient (Wildman–Crippen LogP) is 3.31. The zero-order valence-corrected chi connectivity index (χ0v) is 12.2. The summed E-state index contributed by atoms with van der Waals surface area (Å²) in [6.45, 7) is 2.07. The van der Waals surface area contributed by atoms with E-state index < -0.39 is 0 Å². The van der Waals surface area contributed by atoms with Gasteiger partial charge in [0.15, 0.2) is 5.82 Å². The average molecular weight is 292 g/mol. The van der Waals surface area contributed by atoms with Crippen LogP contribution in [0.25, 0.3) is 12.2 Å². The van der Waals surface area contributed by atoms with Crippen molar-refractivity contribution in [2.24, 2.45) is 5.73 Å². The molecule has 1 aliphatic carbocycles. The quantitative estimate of drug-likeness (QED) is 0.942. The molecule has 0 atom stereocenters. The maximum Gasteiger partial charge on any atom is 0.250 e. The van der Waals surface area contributed by atoms with Gasteiger partial charge in [0, 0.05) is 6.08 Å². The van der Waals surface area contributed by atoms with E-state index in [1.807, 2.05) is 12.2 Å². The minimum absolute atomic E-state index is 0. The van der Waals surface area contributed by atoms with Crippen LogP contribution in [0.5, 0.6) is 0 Å². The van der Waals surface area contributed by atoms with Crippen LogP contribution in [0.2, 0.25) is 0 Å². The molecule has 1 aromatic carbocycles. The van der Waals surface area contributed by atoms with Crippen molar-refractivity contribution in [2.45, 2.75) is 31.7 Å². The van der Waals surface area contributed by atoms with E-state index in [-0.39, 0.29) is 17.9 Å². The third kappa shape index (κ3) is 2.92. The maximum atomic E-state index is 6.15. The zero-order chi connectivity index (χ0) is 13.3. The topological polar surface area (TPSA) is 64.9 Å². The molecule has 4 nitrogen and oxygen atoms in total. The average Bonchev–Trinajstić information content (AvgIpc) is 2.84. The fourth-order valence-corrected chi connectivity index (χ4v) is 2.13. The Labute approximate surface area is 124 Å². The van der Waals surface area contributed by atoms with Crippen LogP contribution in [0.3, 0.4) is 0 Å². The third-order valence-electron chi connectivity index (χ3n) is 3.63. The van der Waals surface area contributed by atoms with Crippen LogP contribution in [0.4, 0.5) is 0 Å². The van der Waals surface area contributed by atoms with Gasteiger partial charge in [-0.2, -0.15) is 4.98 Å². The Balaban J connectivity index is 0.00000147. The van der Waals surface area contributed by atoms with Crippen molar-refractivity contribution < 1.29 is 4.52 Å². The zero-order valence-electron chi connectivity index (χ0n) is 11.4. The van der Waals surface area contributed by atoms with Crippen molar-refractivity contribution in [3.05, 3.63) is 47.1 Å². The van der Waals surface area contributed by atoms with Gasteiger partial charge < -0.3 is 10.3 Å². The first-order valence-corrected chi connectivity index (χ1v) is 6.54. The molecule has 0 radical (unpaired) electrons. The SMILES string of the molecule is Cc1ccc(/C=C/c2nc(C3(N)CCC3)no2)cc1.Cl. The molecule has 5 heteroatoms. The van der Waals surface area contributed by atoms with E-state index >= 15 is 0 Å². The van der Waals surface area contributed by atoms with Gasteiger partial charge in [0.2, 0.25) is 0 Å². The fourth-order valence-electron chi connectivity index (χ4n) is 2.13. The molecular formula is C15H18ClN3O. The van der Waals surface area contributed by atoms with Gasteiger partial charge in [-0.3, -0.25) is 0 Å². The van der Waals surface area contributed by atoms with Crippen LogP contribution in [-0.2, 0) is 5.54 Å². The van der Waals surface area contributed by atoms with Gasteiger partial charge in [0.25, 0.3) is 5.89 Å². The van der Waals surface area contributed by atoms with Crippen molar-refractivity contribution in [3.63, 3.8) is 0 Å². The Bertz CT molecular complexity index is 600. The maximum absolute atomic E-state index is 6.15. The Hall–Kier alpha value is -1.65. The van der Waals surface area contributed by atoms with Crippen molar-refractivity contribution in [1.29, 1.82) is 0 Å². The standard InChI is InChI=1S/C15H17N3O.ClH/c1-11-3-5-12(6-4-11)7-8-13-17-14(18-19-13)15(16)9-2-10-15;/h3-8H,2,9-10,16H2,1H3;1H/b8-7+;. The second-order valence-electron chi connectivity index (χ2n) is 5.21. The van der Waals surface area contributed by atoms with Crippen LogP contribution in [0.1, 0.15) is 42.1 Å². The molecular weight excluding hydrogens is 274 g/mol. The number of hydrogen-bond acceptors (Lipinski definition) is 4. The number of benzene rings is 1. The molecule has 0 unspecified atom stereocenters. The molecule has 3 rings (SSSR count). The van der Waals surface area contributed by atoms with E-state index in [0.717, 1.165) is 24.8 Å². The molecule has 1 heterocycles. The first-order valence-electron chi connectivity index (χ1n) is 6.54. The van der Waals surface area contributed by atoms with E-state index in [1.165, 1.54) is 5.56 Å². The highest BCUT2D eigenvalue weighted by atomic mass is 35.5. The molecule has 1 aromatic heterocycles. The molecule has 0 aliphatic heterocycles. The Kier molecular flexibility index (Phi) is 4.26. The summed E-state index contributed by atoms with van der Waals surface area (Å²) in [5.41, 5.74) is 8.14. The predicted molar refractivity (Wildman–Crippen MR) is 81.4 cm³/mol. The second kappa shape index (κ2) is 5.77. The molecule has 1 fully saturated rings. The third-order valence-corrected chi connectivity index (χ3v) is 3.63. The molecule has 20 heavy (non-hydrogen) atoms. The Morgan fingerprint density at radius 2 is 1.90 bits per heavy atom. The summed E-state index contributed by atoms with van der Waals surface area (Å²) >= 11 is 0. The van der Waals surface area contributed by atoms with Crippen LogP contribution in [0.15, 0.2) is 28.8 Å².